The fourth-order valence-corrected chi connectivity index (χ4v) is 4.99. The largest absolute Gasteiger partial charge is 0.456 e. The van der Waals surface area contributed by atoms with E-state index < -0.39 is 5.91 Å². The van der Waals surface area contributed by atoms with Crippen molar-refractivity contribution in [2.45, 2.75) is 18.9 Å². The lowest BCUT2D eigenvalue weighted by Crippen LogP contribution is -2.33. The van der Waals surface area contributed by atoms with E-state index in [0.29, 0.717) is 58.2 Å². The molecule has 0 aliphatic heterocycles. The molecule has 1 saturated carbocycles. The minimum Gasteiger partial charge on any atom is -0.456 e. The van der Waals surface area contributed by atoms with Crippen LogP contribution in [0.5, 0.6) is 0 Å². The Kier molecular flexibility index (Phi) is 4.54. The molecule has 1 aromatic carbocycles. The van der Waals surface area contributed by atoms with Gasteiger partial charge in [0.25, 0.3) is 5.91 Å². The number of aromatic nitrogens is 1. The van der Waals surface area contributed by atoms with Crippen LogP contribution in [0.15, 0.2) is 34.7 Å². The fraction of sp³-hybridized carbons (Fsp3) is 0.227. The molecule has 9 heteroatoms. The molecule has 0 unspecified atom stereocenters. The summed E-state index contributed by atoms with van der Waals surface area (Å²) >= 11 is 1.09. The molecule has 1 aliphatic rings. The minimum absolute atomic E-state index is 0.195. The van der Waals surface area contributed by atoms with E-state index in [4.69, 9.17) is 15.9 Å². The van der Waals surface area contributed by atoms with Crippen LogP contribution in [0.25, 0.3) is 32.5 Å². The van der Waals surface area contributed by atoms with Crippen molar-refractivity contribution in [3.8, 4) is 17.4 Å². The molecular formula is C22H19N5O3S. The molecule has 0 atom stereocenters. The van der Waals surface area contributed by atoms with Crippen molar-refractivity contribution in [1.29, 1.82) is 5.26 Å². The van der Waals surface area contributed by atoms with Crippen molar-refractivity contribution in [2.75, 3.05) is 17.6 Å². The molecule has 4 aromatic rings. The summed E-state index contributed by atoms with van der Waals surface area (Å²) in [7, 11) is 0. The average molecular weight is 433 g/mol. The second kappa shape index (κ2) is 7.27. The number of furan rings is 1. The first kappa shape index (κ1) is 19.4. The number of primary amides is 1. The molecule has 1 amide bonds. The molecule has 5 rings (SSSR count). The number of pyridine rings is 1. The summed E-state index contributed by atoms with van der Waals surface area (Å²) in [5.74, 6) is 0.521. The van der Waals surface area contributed by atoms with Crippen molar-refractivity contribution in [2.24, 2.45) is 11.7 Å². The van der Waals surface area contributed by atoms with Crippen molar-refractivity contribution >= 4 is 49.9 Å². The molecule has 1 aliphatic carbocycles. The van der Waals surface area contributed by atoms with Gasteiger partial charge in [0.2, 0.25) is 0 Å². The molecule has 31 heavy (non-hydrogen) atoms. The van der Waals surface area contributed by atoms with E-state index >= 15 is 0 Å². The van der Waals surface area contributed by atoms with Gasteiger partial charge in [0, 0.05) is 17.3 Å². The summed E-state index contributed by atoms with van der Waals surface area (Å²) < 4.78 is 6.05. The predicted octanol–water partition coefficient (Wildman–Crippen LogP) is 3.45. The number of fused-ring (bicyclic) bond motifs is 2. The quantitative estimate of drug-likeness (QED) is 0.376. The Bertz CT molecular complexity index is 1340. The Morgan fingerprint density at radius 3 is 2.84 bits per heavy atom. The number of nitriles is 1. The number of anilines is 2. The van der Waals surface area contributed by atoms with E-state index in [9.17, 15) is 15.2 Å². The van der Waals surface area contributed by atoms with Gasteiger partial charge < -0.3 is 26.3 Å². The first-order valence-corrected chi connectivity index (χ1v) is 10.6. The summed E-state index contributed by atoms with van der Waals surface area (Å²) in [5.41, 5.74) is 13.4. The van der Waals surface area contributed by atoms with Crippen molar-refractivity contribution in [1.82, 2.24) is 4.98 Å². The van der Waals surface area contributed by atoms with Crippen LogP contribution in [-0.4, -0.2) is 28.6 Å². The van der Waals surface area contributed by atoms with Gasteiger partial charge in [-0.2, -0.15) is 5.26 Å². The number of nitrogens with two attached hydrogens (primary N) is 2. The highest BCUT2D eigenvalue weighted by Gasteiger charge is 2.29. The maximum absolute atomic E-state index is 11.9. The van der Waals surface area contributed by atoms with Gasteiger partial charge in [0.1, 0.15) is 38.5 Å². The van der Waals surface area contributed by atoms with Crippen LogP contribution >= 0.6 is 11.3 Å². The molecule has 0 spiro atoms. The number of hydrogen-bond acceptors (Lipinski definition) is 8. The van der Waals surface area contributed by atoms with Gasteiger partial charge >= 0.3 is 0 Å². The number of nitrogens with one attached hydrogen (secondary N) is 1. The molecule has 6 N–H and O–H groups in total. The van der Waals surface area contributed by atoms with Crippen molar-refractivity contribution < 1.29 is 14.3 Å². The van der Waals surface area contributed by atoms with E-state index in [2.05, 4.69) is 16.4 Å². The van der Waals surface area contributed by atoms with Crippen LogP contribution in [0.2, 0.25) is 0 Å². The number of thiophene rings is 1. The van der Waals surface area contributed by atoms with Gasteiger partial charge in [-0.25, -0.2) is 4.98 Å². The monoisotopic (exact) mass is 433 g/mol. The number of amides is 1. The molecule has 3 heterocycles. The van der Waals surface area contributed by atoms with E-state index in [-0.39, 0.29) is 22.2 Å². The zero-order valence-electron chi connectivity index (χ0n) is 16.4. The normalized spacial score (nSPS) is 18.1. The van der Waals surface area contributed by atoms with Gasteiger partial charge in [-0.3, -0.25) is 4.79 Å². The molecule has 0 radical (unpaired) electrons. The number of carbonyl (C=O) groups is 1. The molecule has 156 valence electrons. The number of rotatable bonds is 5. The average Bonchev–Trinajstić information content (AvgIpc) is 3.30. The third-order valence-electron chi connectivity index (χ3n) is 5.65. The molecule has 3 aromatic heterocycles. The first-order valence-electron chi connectivity index (χ1n) is 9.83. The topological polar surface area (TPSA) is 151 Å². The van der Waals surface area contributed by atoms with Crippen LogP contribution in [0.1, 0.15) is 28.1 Å². The Hall–Kier alpha value is -3.61. The summed E-state index contributed by atoms with van der Waals surface area (Å²) in [6.07, 6.45) is 1.16. The van der Waals surface area contributed by atoms with Crippen LogP contribution in [-0.2, 0) is 0 Å². The molecule has 8 nitrogen and oxygen atoms in total. The molecule has 0 saturated heterocycles. The third-order valence-corrected chi connectivity index (χ3v) is 6.77. The lowest BCUT2D eigenvalue weighted by Gasteiger charge is -2.31. The number of hydrogen-bond donors (Lipinski definition) is 4. The third kappa shape index (κ3) is 3.17. The highest BCUT2D eigenvalue weighted by Crippen LogP contribution is 2.44. The Balaban J connectivity index is 1.73. The number of benzene rings is 1. The second-order valence-corrected chi connectivity index (χ2v) is 8.73. The summed E-state index contributed by atoms with van der Waals surface area (Å²) in [5, 5.41) is 24.2. The Labute approximate surface area is 181 Å². The lowest BCUT2D eigenvalue weighted by atomic mass is 9.82. The number of aliphatic hydroxyl groups is 1. The van der Waals surface area contributed by atoms with Gasteiger partial charge in [-0.1, -0.05) is 18.2 Å². The summed E-state index contributed by atoms with van der Waals surface area (Å²) in [6.45, 7) is 0.577. The second-order valence-electron chi connectivity index (χ2n) is 7.73. The number of nitrogen functional groups attached to an aromatic ring is 1. The Morgan fingerprint density at radius 1 is 1.39 bits per heavy atom. The lowest BCUT2D eigenvalue weighted by molar-refractivity contribution is 0.0486. The maximum atomic E-state index is 11.9. The minimum atomic E-state index is -0.646. The van der Waals surface area contributed by atoms with Gasteiger partial charge in [0.15, 0.2) is 0 Å². The zero-order valence-corrected chi connectivity index (χ0v) is 17.2. The highest BCUT2D eigenvalue weighted by atomic mass is 32.1. The maximum Gasteiger partial charge on any atom is 0.260 e. The first-order chi connectivity index (χ1) is 15.0. The number of para-hydroxylation sites is 1. The van der Waals surface area contributed by atoms with E-state index in [0.717, 1.165) is 16.7 Å². The molecule has 0 bridgehead atoms. The summed E-state index contributed by atoms with van der Waals surface area (Å²) in [6, 6.07) is 11.6. The predicted molar refractivity (Wildman–Crippen MR) is 120 cm³/mol. The zero-order chi connectivity index (χ0) is 21.7. The fourth-order valence-electron chi connectivity index (χ4n) is 4.03. The van der Waals surface area contributed by atoms with E-state index in [1.165, 1.54) is 0 Å². The van der Waals surface area contributed by atoms with Crippen LogP contribution in [0, 0.1) is 17.2 Å². The van der Waals surface area contributed by atoms with Crippen molar-refractivity contribution in [3.63, 3.8) is 0 Å². The molecular weight excluding hydrogens is 414 g/mol. The van der Waals surface area contributed by atoms with Gasteiger partial charge in [0.05, 0.1) is 17.4 Å². The Morgan fingerprint density at radius 2 is 2.16 bits per heavy atom. The molecule has 1 fully saturated rings. The SMILES string of the molecule is N#Cc1c(NCC2CC(O)C2)nc2sc(C(N)=O)c(N)c2c1-c1cc2ccccc2o1. The number of carbonyl (C=O) groups excluding carboxylic acids is 1. The number of aliphatic hydroxyl groups excluding tert-OH is 1. The van der Waals surface area contributed by atoms with Gasteiger partial charge in [-0.15, -0.1) is 11.3 Å². The van der Waals surface area contributed by atoms with Crippen LogP contribution in [0.3, 0.4) is 0 Å². The summed E-state index contributed by atoms with van der Waals surface area (Å²) in [4.78, 5) is 17.2. The highest BCUT2D eigenvalue weighted by molar-refractivity contribution is 7.21. The van der Waals surface area contributed by atoms with Crippen molar-refractivity contribution in [3.05, 3.63) is 40.8 Å². The van der Waals surface area contributed by atoms with E-state index in [1.807, 2.05) is 30.3 Å². The van der Waals surface area contributed by atoms with E-state index in [1.54, 1.807) is 0 Å². The van der Waals surface area contributed by atoms with Crippen LogP contribution in [0.4, 0.5) is 11.5 Å². The van der Waals surface area contributed by atoms with Crippen LogP contribution < -0.4 is 16.8 Å². The standard InChI is InChI=1S/C22H19N5O3S/c23-8-13-16(15-7-11-3-1-2-4-14(11)30-15)17-18(24)19(20(25)29)31-22(17)27-21(13)26-9-10-5-12(28)6-10/h1-4,7,10,12,28H,5-6,9,24H2,(H2,25,29)(H,26,27). The van der Waals surface area contributed by atoms with Gasteiger partial charge in [-0.05, 0) is 30.9 Å². The number of nitrogens with zero attached hydrogens (tertiary/aromatic N) is 2. The smallest absolute Gasteiger partial charge is 0.260 e.